The number of carboxylic acid groups (broad SMARTS) is 1. The molecule has 110 valence electrons. The average Bonchev–Trinajstić information content (AvgIpc) is 2.38. The van der Waals surface area contributed by atoms with E-state index >= 15 is 0 Å². The predicted molar refractivity (Wildman–Crippen MR) is 79.7 cm³/mol. The molecular weight excluding hydrogens is 301 g/mol. The number of benzene rings is 1. The van der Waals surface area contributed by atoms with E-state index in [1.54, 1.807) is 18.2 Å². The second-order valence-corrected chi connectivity index (χ2v) is 6.23. The molecule has 4 nitrogen and oxygen atoms in total. The van der Waals surface area contributed by atoms with Gasteiger partial charge in [0.25, 0.3) is 0 Å². The molecule has 1 aromatic rings. The molecule has 0 aliphatic rings. The summed E-state index contributed by atoms with van der Waals surface area (Å²) in [5, 5.41) is 11.3. The molecule has 1 aromatic carbocycles. The molecule has 0 aromatic heterocycles. The number of amides is 1. The average molecular weight is 317 g/mol. The first kappa shape index (κ1) is 16.8. The maximum absolute atomic E-state index is 13.3. The van der Waals surface area contributed by atoms with Crippen LogP contribution in [0, 0.1) is 5.82 Å². The molecule has 0 saturated heterocycles. The van der Waals surface area contributed by atoms with Crippen LogP contribution in [0.3, 0.4) is 0 Å². The molecule has 0 fully saturated rings. The minimum atomic E-state index is -1.05. The molecule has 7 heteroatoms. The Balaban J connectivity index is 2.25. The maximum atomic E-state index is 13.3. The van der Waals surface area contributed by atoms with Crippen LogP contribution < -0.4 is 5.32 Å². The van der Waals surface area contributed by atoms with Crippen molar-refractivity contribution in [3.63, 3.8) is 0 Å². The van der Waals surface area contributed by atoms with E-state index in [4.69, 9.17) is 5.11 Å². The fraction of sp³-hybridized carbons (Fsp3) is 0.385. The van der Waals surface area contributed by atoms with Gasteiger partial charge in [-0.3, -0.25) is 4.79 Å². The van der Waals surface area contributed by atoms with Crippen molar-refractivity contribution in [1.82, 2.24) is 5.32 Å². The molecule has 0 radical (unpaired) electrons. The highest BCUT2D eigenvalue weighted by Gasteiger charge is 2.17. The van der Waals surface area contributed by atoms with Crippen molar-refractivity contribution in [2.24, 2.45) is 0 Å². The van der Waals surface area contributed by atoms with Gasteiger partial charge < -0.3 is 10.4 Å². The first-order chi connectivity index (χ1) is 9.50. The third-order valence-corrected chi connectivity index (χ3v) is 4.65. The number of nitrogens with one attached hydrogen (secondary N) is 1. The van der Waals surface area contributed by atoms with Gasteiger partial charge in [0.2, 0.25) is 5.91 Å². The summed E-state index contributed by atoms with van der Waals surface area (Å²) in [6, 6.07) is 5.65. The zero-order valence-electron chi connectivity index (χ0n) is 11.0. The number of halogens is 1. The number of hydrogen-bond acceptors (Lipinski definition) is 4. The Morgan fingerprint density at radius 2 is 2.05 bits per heavy atom. The number of hydrogen-bond donors (Lipinski definition) is 2. The summed E-state index contributed by atoms with van der Waals surface area (Å²) < 4.78 is 13.3. The van der Waals surface area contributed by atoms with Gasteiger partial charge in [-0.15, -0.1) is 11.8 Å². The standard InChI is InChI=1S/C13H16FNO3S2/c1-9(16)15-11(13(17)18)8-19-6-7-20-12-5-3-2-4-10(12)14/h2-5,11H,6-8H2,1H3,(H,15,16)(H,17,18). The predicted octanol–water partition coefficient (Wildman–Crippen LogP) is 2.24. The van der Waals surface area contributed by atoms with Crippen LogP contribution in [-0.4, -0.2) is 40.3 Å². The van der Waals surface area contributed by atoms with E-state index in [0.717, 1.165) is 0 Å². The van der Waals surface area contributed by atoms with Crippen LogP contribution in [0.15, 0.2) is 29.2 Å². The zero-order valence-corrected chi connectivity index (χ0v) is 12.6. The van der Waals surface area contributed by atoms with Crippen LogP contribution in [0.4, 0.5) is 4.39 Å². The molecular formula is C13H16FNO3S2. The topological polar surface area (TPSA) is 66.4 Å². The van der Waals surface area contributed by atoms with Crippen molar-refractivity contribution in [3.05, 3.63) is 30.1 Å². The van der Waals surface area contributed by atoms with E-state index in [0.29, 0.717) is 22.2 Å². The lowest BCUT2D eigenvalue weighted by molar-refractivity contribution is -0.140. The second kappa shape index (κ2) is 8.86. The lowest BCUT2D eigenvalue weighted by Crippen LogP contribution is -2.41. The Labute approximate surface area is 125 Å². The normalized spacial score (nSPS) is 11.9. The van der Waals surface area contributed by atoms with E-state index in [2.05, 4.69) is 5.32 Å². The quantitative estimate of drug-likeness (QED) is 0.568. The van der Waals surface area contributed by atoms with Crippen molar-refractivity contribution >= 4 is 35.4 Å². The van der Waals surface area contributed by atoms with E-state index in [1.807, 2.05) is 0 Å². The Morgan fingerprint density at radius 3 is 2.65 bits per heavy atom. The van der Waals surface area contributed by atoms with Crippen molar-refractivity contribution < 1.29 is 19.1 Å². The number of aliphatic carboxylic acids is 1. The van der Waals surface area contributed by atoms with E-state index in [1.165, 1.54) is 36.5 Å². The number of carboxylic acids is 1. The van der Waals surface area contributed by atoms with Gasteiger partial charge in [0.05, 0.1) is 0 Å². The highest BCUT2D eigenvalue weighted by molar-refractivity contribution is 8.03. The fourth-order valence-electron chi connectivity index (χ4n) is 1.39. The molecule has 20 heavy (non-hydrogen) atoms. The molecule has 0 spiro atoms. The van der Waals surface area contributed by atoms with Gasteiger partial charge in [-0.05, 0) is 12.1 Å². The van der Waals surface area contributed by atoms with Crippen molar-refractivity contribution in [1.29, 1.82) is 0 Å². The maximum Gasteiger partial charge on any atom is 0.327 e. The number of thioether (sulfide) groups is 2. The van der Waals surface area contributed by atoms with Crippen LogP contribution in [0.5, 0.6) is 0 Å². The van der Waals surface area contributed by atoms with E-state index in [9.17, 15) is 14.0 Å². The van der Waals surface area contributed by atoms with Gasteiger partial charge in [-0.25, -0.2) is 9.18 Å². The van der Waals surface area contributed by atoms with Gasteiger partial charge in [-0.2, -0.15) is 11.8 Å². The Morgan fingerprint density at radius 1 is 1.35 bits per heavy atom. The van der Waals surface area contributed by atoms with E-state index in [-0.39, 0.29) is 11.7 Å². The van der Waals surface area contributed by atoms with Crippen LogP contribution >= 0.6 is 23.5 Å². The lowest BCUT2D eigenvalue weighted by atomic mass is 10.3. The molecule has 0 saturated carbocycles. The Bertz CT molecular complexity index is 471. The highest BCUT2D eigenvalue weighted by atomic mass is 32.2. The first-order valence-electron chi connectivity index (χ1n) is 5.95. The summed E-state index contributed by atoms with van der Waals surface area (Å²) in [5.74, 6) is 0.00461. The summed E-state index contributed by atoms with van der Waals surface area (Å²) >= 11 is 2.81. The van der Waals surface area contributed by atoms with Crippen LogP contribution in [0.1, 0.15) is 6.92 Å². The molecule has 0 aliphatic heterocycles. The van der Waals surface area contributed by atoms with Gasteiger partial charge in [0.1, 0.15) is 11.9 Å². The summed E-state index contributed by atoms with van der Waals surface area (Å²) in [4.78, 5) is 22.3. The van der Waals surface area contributed by atoms with Crippen molar-refractivity contribution in [2.75, 3.05) is 17.3 Å². The SMILES string of the molecule is CC(=O)NC(CSCCSc1ccccc1F)C(=O)O. The van der Waals surface area contributed by atoms with Crippen molar-refractivity contribution in [2.45, 2.75) is 17.9 Å². The van der Waals surface area contributed by atoms with Crippen LogP contribution in [0.25, 0.3) is 0 Å². The molecule has 1 atom stereocenters. The molecule has 0 heterocycles. The lowest BCUT2D eigenvalue weighted by Gasteiger charge is -2.12. The second-order valence-electron chi connectivity index (χ2n) is 3.95. The Hall–Kier alpha value is -1.21. The molecule has 2 N–H and O–H groups in total. The van der Waals surface area contributed by atoms with Gasteiger partial charge in [0.15, 0.2) is 0 Å². The molecule has 0 aliphatic carbocycles. The molecule has 1 amide bonds. The summed E-state index contributed by atoms with van der Waals surface area (Å²) in [5.41, 5.74) is 0. The minimum Gasteiger partial charge on any atom is -0.480 e. The smallest absolute Gasteiger partial charge is 0.327 e. The van der Waals surface area contributed by atoms with E-state index < -0.39 is 12.0 Å². The number of rotatable bonds is 8. The van der Waals surface area contributed by atoms with Crippen LogP contribution in [-0.2, 0) is 9.59 Å². The molecule has 1 rings (SSSR count). The summed E-state index contributed by atoms with van der Waals surface area (Å²) in [6.07, 6.45) is 0. The molecule has 1 unspecified atom stereocenters. The third kappa shape index (κ3) is 6.29. The summed E-state index contributed by atoms with van der Waals surface area (Å²) in [6.45, 7) is 1.29. The highest BCUT2D eigenvalue weighted by Crippen LogP contribution is 2.22. The number of carbonyl (C=O) groups is 2. The fourth-order valence-corrected chi connectivity index (χ4v) is 3.43. The van der Waals surface area contributed by atoms with Gasteiger partial charge in [-0.1, -0.05) is 12.1 Å². The third-order valence-electron chi connectivity index (χ3n) is 2.28. The largest absolute Gasteiger partial charge is 0.480 e. The van der Waals surface area contributed by atoms with Gasteiger partial charge in [0, 0.05) is 29.1 Å². The molecule has 0 bridgehead atoms. The zero-order chi connectivity index (χ0) is 15.0. The monoisotopic (exact) mass is 317 g/mol. The summed E-state index contributed by atoms with van der Waals surface area (Å²) in [7, 11) is 0. The first-order valence-corrected chi connectivity index (χ1v) is 8.09. The number of carbonyl (C=O) groups excluding carboxylic acids is 1. The van der Waals surface area contributed by atoms with Gasteiger partial charge >= 0.3 is 5.97 Å². The Kier molecular flexibility index (Phi) is 7.46. The van der Waals surface area contributed by atoms with Crippen LogP contribution in [0.2, 0.25) is 0 Å². The van der Waals surface area contributed by atoms with Crippen molar-refractivity contribution in [3.8, 4) is 0 Å². The minimum absolute atomic E-state index is 0.246.